The molecule has 2 N–H and O–H groups in total. The molecule has 27 heavy (non-hydrogen) atoms. The van der Waals surface area contributed by atoms with Crippen molar-refractivity contribution in [1.82, 2.24) is 10.2 Å². The molecule has 0 aliphatic rings. The van der Waals surface area contributed by atoms with Gasteiger partial charge in [0.2, 0.25) is 5.91 Å². The highest BCUT2D eigenvalue weighted by molar-refractivity contribution is 7.99. The highest BCUT2D eigenvalue weighted by Crippen LogP contribution is 2.20. The Morgan fingerprint density at radius 2 is 2.00 bits per heavy atom. The van der Waals surface area contributed by atoms with Crippen LogP contribution in [0.5, 0.6) is 0 Å². The summed E-state index contributed by atoms with van der Waals surface area (Å²) < 4.78 is 18.1. The summed E-state index contributed by atoms with van der Waals surface area (Å²) in [4.78, 5) is 23.8. The van der Waals surface area contributed by atoms with Gasteiger partial charge in [-0.1, -0.05) is 23.4 Å². The van der Waals surface area contributed by atoms with E-state index in [1.807, 2.05) is 0 Å². The quantitative estimate of drug-likeness (QED) is 0.603. The van der Waals surface area contributed by atoms with Gasteiger partial charge in [-0.15, -0.1) is 10.2 Å². The Morgan fingerprint density at radius 3 is 2.67 bits per heavy atom. The summed E-state index contributed by atoms with van der Waals surface area (Å²) in [6, 6.07) is 10.2. The predicted octanol–water partition coefficient (Wildman–Crippen LogP) is 3.85. The van der Waals surface area contributed by atoms with Crippen molar-refractivity contribution in [2.75, 3.05) is 16.4 Å². The molecule has 10 heteroatoms. The van der Waals surface area contributed by atoms with Crippen LogP contribution in [0.4, 0.5) is 15.9 Å². The average molecular weight is 407 g/mol. The van der Waals surface area contributed by atoms with Crippen molar-refractivity contribution >= 4 is 46.7 Å². The van der Waals surface area contributed by atoms with Crippen molar-refractivity contribution in [3.8, 4) is 0 Å². The summed E-state index contributed by atoms with van der Waals surface area (Å²) in [5.74, 6) is -0.814. The summed E-state index contributed by atoms with van der Waals surface area (Å²) in [5, 5.41) is 13.4. The lowest BCUT2D eigenvalue weighted by Crippen LogP contribution is -2.14. The second-order valence-electron chi connectivity index (χ2n) is 5.15. The van der Waals surface area contributed by atoms with Crippen LogP contribution in [0.3, 0.4) is 0 Å². The standard InChI is InChI=1S/C17H12ClFN4O3S/c18-11-8-10(3-4-12(11)19)20-15(24)9-27-16-6-5-14(22-23-16)21-17(25)13-2-1-7-26-13/h1-8H,9H2,(H,20,24)(H,21,22,25). The first-order valence-electron chi connectivity index (χ1n) is 7.57. The van der Waals surface area contributed by atoms with Crippen LogP contribution in [-0.4, -0.2) is 27.8 Å². The van der Waals surface area contributed by atoms with Crippen molar-refractivity contribution in [2.24, 2.45) is 0 Å². The summed E-state index contributed by atoms with van der Waals surface area (Å²) >= 11 is 6.82. The zero-order chi connectivity index (χ0) is 19.2. The normalized spacial score (nSPS) is 10.4. The lowest BCUT2D eigenvalue weighted by Gasteiger charge is -2.06. The van der Waals surface area contributed by atoms with Crippen molar-refractivity contribution in [3.63, 3.8) is 0 Å². The number of nitrogens with one attached hydrogen (secondary N) is 2. The Labute approximate surface area is 162 Å². The molecular formula is C17H12ClFN4O3S. The molecule has 2 heterocycles. The van der Waals surface area contributed by atoms with Crippen LogP contribution in [0.2, 0.25) is 5.02 Å². The molecule has 0 atom stereocenters. The summed E-state index contributed by atoms with van der Waals surface area (Å²) in [5.41, 5.74) is 0.397. The SMILES string of the molecule is O=C(CSc1ccc(NC(=O)c2ccco2)nn1)Nc1ccc(F)c(Cl)c1. The van der Waals surface area contributed by atoms with Gasteiger partial charge in [-0.2, -0.15) is 0 Å². The van der Waals surface area contributed by atoms with E-state index in [2.05, 4.69) is 20.8 Å². The van der Waals surface area contributed by atoms with Gasteiger partial charge in [0.1, 0.15) is 10.8 Å². The van der Waals surface area contributed by atoms with Crippen LogP contribution >= 0.6 is 23.4 Å². The Hall–Kier alpha value is -2.91. The second kappa shape index (κ2) is 8.65. The molecule has 2 aromatic heterocycles. The number of thioether (sulfide) groups is 1. The zero-order valence-corrected chi connectivity index (χ0v) is 15.2. The molecule has 3 rings (SSSR count). The van der Waals surface area contributed by atoms with Gasteiger partial charge in [0, 0.05) is 5.69 Å². The third-order valence-corrected chi connectivity index (χ3v) is 4.39. The summed E-state index contributed by atoms with van der Waals surface area (Å²) in [7, 11) is 0. The topological polar surface area (TPSA) is 97.1 Å². The van der Waals surface area contributed by atoms with Crippen LogP contribution in [0.1, 0.15) is 10.6 Å². The molecule has 0 radical (unpaired) electrons. The van der Waals surface area contributed by atoms with E-state index in [0.29, 0.717) is 10.7 Å². The number of furan rings is 1. The third-order valence-electron chi connectivity index (χ3n) is 3.18. The van der Waals surface area contributed by atoms with E-state index in [1.54, 1.807) is 18.2 Å². The Bertz CT molecular complexity index is 951. The van der Waals surface area contributed by atoms with Crippen LogP contribution in [0.25, 0.3) is 0 Å². The van der Waals surface area contributed by atoms with Crippen LogP contribution in [0, 0.1) is 5.82 Å². The smallest absolute Gasteiger partial charge is 0.292 e. The van der Waals surface area contributed by atoms with E-state index in [0.717, 1.165) is 11.8 Å². The van der Waals surface area contributed by atoms with E-state index >= 15 is 0 Å². The fraction of sp³-hybridized carbons (Fsp3) is 0.0588. The van der Waals surface area contributed by atoms with E-state index < -0.39 is 11.7 Å². The average Bonchev–Trinajstić information content (AvgIpc) is 3.19. The highest BCUT2D eigenvalue weighted by atomic mass is 35.5. The van der Waals surface area contributed by atoms with E-state index in [4.69, 9.17) is 16.0 Å². The van der Waals surface area contributed by atoms with Gasteiger partial charge < -0.3 is 15.1 Å². The Balaban J connectivity index is 1.50. The molecular weight excluding hydrogens is 395 g/mol. The first-order valence-corrected chi connectivity index (χ1v) is 8.94. The molecule has 2 amide bonds. The van der Waals surface area contributed by atoms with Gasteiger partial charge in [0.15, 0.2) is 11.6 Å². The van der Waals surface area contributed by atoms with Gasteiger partial charge in [-0.25, -0.2) is 4.39 Å². The number of halogens is 2. The zero-order valence-electron chi connectivity index (χ0n) is 13.6. The molecule has 0 fully saturated rings. The lowest BCUT2D eigenvalue weighted by atomic mass is 10.3. The van der Waals surface area contributed by atoms with Crippen LogP contribution in [0.15, 0.2) is 58.2 Å². The van der Waals surface area contributed by atoms with Crippen LogP contribution in [-0.2, 0) is 4.79 Å². The molecule has 0 aliphatic carbocycles. The number of benzene rings is 1. The minimum atomic E-state index is -0.557. The minimum Gasteiger partial charge on any atom is -0.459 e. The fourth-order valence-electron chi connectivity index (χ4n) is 1.96. The van der Waals surface area contributed by atoms with E-state index in [1.165, 1.54) is 30.5 Å². The fourth-order valence-corrected chi connectivity index (χ4v) is 2.75. The Morgan fingerprint density at radius 1 is 1.15 bits per heavy atom. The molecule has 138 valence electrons. The maximum absolute atomic E-state index is 13.1. The summed E-state index contributed by atoms with van der Waals surface area (Å²) in [6.45, 7) is 0. The summed E-state index contributed by atoms with van der Waals surface area (Å²) in [6.07, 6.45) is 1.39. The molecule has 0 saturated heterocycles. The highest BCUT2D eigenvalue weighted by Gasteiger charge is 2.11. The first-order chi connectivity index (χ1) is 13.0. The minimum absolute atomic E-state index is 0.0708. The molecule has 1 aromatic carbocycles. The van der Waals surface area contributed by atoms with Gasteiger partial charge in [-0.05, 0) is 42.5 Å². The monoisotopic (exact) mass is 406 g/mol. The molecule has 0 spiro atoms. The first kappa shape index (κ1) is 18.9. The molecule has 0 aliphatic heterocycles. The van der Waals surface area contributed by atoms with E-state index in [9.17, 15) is 14.0 Å². The molecule has 0 unspecified atom stereocenters. The van der Waals surface area contributed by atoms with Gasteiger partial charge in [0.25, 0.3) is 5.91 Å². The largest absolute Gasteiger partial charge is 0.459 e. The second-order valence-corrected chi connectivity index (χ2v) is 6.56. The van der Waals surface area contributed by atoms with Crippen molar-refractivity contribution < 1.29 is 18.4 Å². The van der Waals surface area contributed by atoms with Gasteiger partial charge in [-0.3, -0.25) is 9.59 Å². The number of carbonyl (C=O) groups excluding carboxylic acids is 2. The van der Waals surface area contributed by atoms with Crippen molar-refractivity contribution in [3.05, 3.63) is 65.3 Å². The number of hydrogen-bond acceptors (Lipinski definition) is 6. The third kappa shape index (κ3) is 5.28. The number of rotatable bonds is 6. The molecule has 7 nitrogen and oxygen atoms in total. The molecule has 0 bridgehead atoms. The molecule has 3 aromatic rings. The number of carbonyl (C=O) groups is 2. The molecule has 0 saturated carbocycles. The van der Waals surface area contributed by atoms with Gasteiger partial charge in [0.05, 0.1) is 17.0 Å². The Kier molecular flexibility index (Phi) is 6.05. The van der Waals surface area contributed by atoms with Crippen molar-refractivity contribution in [2.45, 2.75) is 5.03 Å². The maximum Gasteiger partial charge on any atom is 0.292 e. The number of hydrogen-bond donors (Lipinski definition) is 2. The van der Waals surface area contributed by atoms with Crippen molar-refractivity contribution in [1.29, 1.82) is 0 Å². The lowest BCUT2D eigenvalue weighted by molar-refractivity contribution is -0.113. The predicted molar refractivity (Wildman–Crippen MR) is 99.5 cm³/mol. The van der Waals surface area contributed by atoms with Gasteiger partial charge >= 0.3 is 0 Å². The number of nitrogens with zero attached hydrogens (tertiary/aromatic N) is 2. The number of amides is 2. The number of aromatic nitrogens is 2. The van der Waals surface area contributed by atoms with Crippen LogP contribution < -0.4 is 10.6 Å². The van der Waals surface area contributed by atoms with E-state index in [-0.39, 0.29) is 28.3 Å². The maximum atomic E-state index is 13.1. The number of anilines is 2.